The van der Waals surface area contributed by atoms with Crippen molar-refractivity contribution < 1.29 is 4.92 Å². The Labute approximate surface area is 124 Å². The maximum absolute atomic E-state index is 11.2. The van der Waals surface area contributed by atoms with Crippen LogP contribution in [0.5, 0.6) is 0 Å². The highest BCUT2D eigenvalue weighted by atomic mass is 16.6. The summed E-state index contributed by atoms with van der Waals surface area (Å²) in [4.78, 5) is 21.3. The van der Waals surface area contributed by atoms with Crippen LogP contribution in [0.25, 0.3) is 0 Å². The van der Waals surface area contributed by atoms with Crippen LogP contribution in [0.1, 0.15) is 39.5 Å². The SMILES string of the molecule is CCCNc1ncc([N+](=O)[O-])c(N2CCCC(C)CC2)n1. The minimum atomic E-state index is -0.396. The quantitative estimate of drug-likeness (QED) is 0.664. The van der Waals surface area contributed by atoms with E-state index in [0.717, 1.165) is 45.3 Å². The molecule has 0 spiro atoms. The van der Waals surface area contributed by atoms with Gasteiger partial charge >= 0.3 is 5.69 Å². The van der Waals surface area contributed by atoms with E-state index in [1.165, 1.54) is 6.20 Å². The highest BCUT2D eigenvalue weighted by Crippen LogP contribution is 2.29. The first-order valence-corrected chi connectivity index (χ1v) is 7.62. The van der Waals surface area contributed by atoms with E-state index in [-0.39, 0.29) is 5.69 Å². The molecule has 1 saturated heterocycles. The fourth-order valence-electron chi connectivity index (χ4n) is 2.52. The van der Waals surface area contributed by atoms with E-state index in [0.29, 0.717) is 17.7 Å². The largest absolute Gasteiger partial charge is 0.354 e. The van der Waals surface area contributed by atoms with Gasteiger partial charge in [0, 0.05) is 19.6 Å². The second kappa shape index (κ2) is 7.19. The van der Waals surface area contributed by atoms with Crippen LogP contribution in [0.15, 0.2) is 6.20 Å². The van der Waals surface area contributed by atoms with Crippen LogP contribution < -0.4 is 10.2 Å². The lowest BCUT2D eigenvalue weighted by molar-refractivity contribution is -0.384. The molecule has 1 aromatic heterocycles. The van der Waals surface area contributed by atoms with Crippen molar-refractivity contribution in [3.8, 4) is 0 Å². The second-order valence-electron chi connectivity index (χ2n) is 5.61. The van der Waals surface area contributed by atoms with Crippen LogP contribution in [0.2, 0.25) is 0 Å². The molecule has 1 aromatic rings. The third-order valence-corrected chi connectivity index (χ3v) is 3.80. The standard InChI is InChI=1S/C14H23N5O2/c1-3-7-15-14-16-10-12(19(20)21)13(17-14)18-8-4-5-11(2)6-9-18/h10-11H,3-9H2,1-2H3,(H,15,16,17). The van der Waals surface area contributed by atoms with Gasteiger partial charge in [0.15, 0.2) is 0 Å². The van der Waals surface area contributed by atoms with E-state index < -0.39 is 4.92 Å². The minimum absolute atomic E-state index is 0.00778. The van der Waals surface area contributed by atoms with Crippen LogP contribution in [0, 0.1) is 16.0 Å². The van der Waals surface area contributed by atoms with E-state index >= 15 is 0 Å². The summed E-state index contributed by atoms with van der Waals surface area (Å²) in [7, 11) is 0. The molecule has 2 rings (SSSR count). The summed E-state index contributed by atoms with van der Waals surface area (Å²) >= 11 is 0. The summed E-state index contributed by atoms with van der Waals surface area (Å²) in [6.07, 6.45) is 5.51. The maximum atomic E-state index is 11.2. The molecule has 0 aromatic carbocycles. The van der Waals surface area contributed by atoms with Gasteiger partial charge in [-0.2, -0.15) is 4.98 Å². The Morgan fingerprint density at radius 2 is 2.29 bits per heavy atom. The molecule has 1 atom stereocenters. The Hall–Kier alpha value is -1.92. The molecule has 7 heteroatoms. The summed E-state index contributed by atoms with van der Waals surface area (Å²) in [6, 6.07) is 0. The summed E-state index contributed by atoms with van der Waals surface area (Å²) in [5.41, 5.74) is -0.00778. The highest BCUT2D eigenvalue weighted by molar-refractivity contribution is 5.59. The fourth-order valence-corrected chi connectivity index (χ4v) is 2.52. The lowest BCUT2D eigenvalue weighted by Gasteiger charge is -2.21. The molecule has 0 radical (unpaired) electrons. The molecule has 0 saturated carbocycles. The summed E-state index contributed by atoms with van der Waals surface area (Å²) in [5.74, 6) is 1.58. The topological polar surface area (TPSA) is 84.2 Å². The van der Waals surface area contributed by atoms with Crippen LogP contribution in [0.3, 0.4) is 0 Å². The molecule has 1 aliphatic rings. The van der Waals surface area contributed by atoms with Crippen LogP contribution in [-0.2, 0) is 0 Å². The van der Waals surface area contributed by atoms with Crippen molar-refractivity contribution in [1.29, 1.82) is 0 Å². The number of nitro groups is 1. The molecule has 1 unspecified atom stereocenters. The number of rotatable bonds is 5. The molecule has 0 bridgehead atoms. The second-order valence-corrected chi connectivity index (χ2v) is 5.61. The molecule has 1 aliphatic heterocycles. The van der Waals surface area contributed by atoms with Gasteiger partial charge in [0.25, 0.3) is 0 Å². The average Bonchev–Trinajstić information content (AvgIpc) is 2.69. The molecule has 2 heterocycles. The van der Waals surface area contributed by atoms with Crippen LogP contribution >= 0.6 is 0 Å². The first-order valence-electron chi connectivity index (χ1n) is 7.62. The van der Waals surface area contributed by atoms with Gasteiger partial charge < -0.3 is 10.2 Å². The Bertz CT molecular complexity index is 494. The molecule has 1 fully saturated rings. The van der Waals surface area contributed by atoms with Crippen molar-refractivity contribution in [2.24, 2.45) is 5.92 Å². The number of nitrogens with zero attached hydrogens (tertiary/aromatic N) is 4. The van der Waals surface area contributed by atoms with Gasteiger partial charge in [0.2, 0.25) is 11.8 Å². The van der Waals surface area contributed by atoms with Gasteiger partial charge in [0.1, 0.15) is 6.20 Å². The van der Waals surface area contributed by atoms with Crippen LogP contribution in [-0.4, -0.2) is 34.5 Å². The molecular weight excluding hydrogens is 270 g/mol. The third-order valence-electron chi connectivity index (χ3n) is 3.80. The van der Waals surface area contributed by atoms with Crippen molar-refractivity contribution in [1.82, 2.24) is 9.97 Å². The summed E-state index contributed by atoms with van der Waals surface area (Å²) < 4.78 is 0. The zero-order chi connectivity index (χ0) is 15.2. The van der Waals surface area contributed by atoms with Gasteiger partial charge in [-0.05, 0) is 31.6 Å². The minimum Gasteiger partial charge on any atom is -0.354 e. The van der Waals surface area contributed by atoms with E-state index in [4.69, 9.17) is 0 Å². The zero-order valence-electron chi connectivity index (χ0n) is 12.7. The molecular formula is C14H23N5O2. The summed E-state index contributed by atoms with van der Waals surface area (Å²) in [5, 5.41) is 14.3. The molecule has 0 amide bonds. The number of hydrogen-bond donors (Lipinski definition) is 1. The zero-order valence-corrected chi connectivity index (χ0v) is 12.7. The molecule has 1 N–H and O–H groups in total. The van der Waals surface area contributed by atoms with Gasteiger partial charge in [-0.3, -0.25) is 10.1 Å². The van der Waals surface area contributed by atoms with Crippen molar-refractivity contribution in [3.05, 3.63) is 16.3 Å². The van der Waals surface area contributed by atoms with Crippen molar-refractivity contribution in [2.75, 3.05) is 29.9 Å². The number of hydrogen-bond acceptors (Lipinski definition) is 6. The number of anilines is 2. The first kappa shape index (κ1) is 15.5. The Kier molecular flexibility index (Phi) is 5.30. The Morgan fingerprint density at radius 1 is 1.48 bits per heavy atom. The lowest BCUT2D eigenvalue weighted by Crippen LogP contribution is -2.26. The Balaban J connectivity index is 2.26. The molecule has 116 valence electrons. The van der Waals surface area contributed by atoms with E-state index in [2.05, 4.69) is 29.1 Å². The van der Waals surface area contributed by atoms with Gasteiger partial charge in [0.05, 0.1) is 4.92 Å². The van der Waals surface area contributed by atoms with Gasteiger partial charge in [-0.25, -0.2) is 4.98 Å². The first-order chi connectivity index (χ1) is 10.1. The molecule has 21 heavy (non-hydrogen) atoms. The van der Waals surface area contributed by atoms with Crippen molar-refractivity contribution in [2.45, 2.75) is 39.5 Å². The van der Waals surface area contributed by atoms with Crippen molar-refractivity contribution >= 4 is 17.5 Å². The normalized spacial score (nSPS) is 19.1. The smallest absolute Gasteiger partial charge is 0.329 e. The average molecular weight is 293 g/mol. The predicted octanol–water partition coefficient (Wildman–Crippen LogP) is 2.83. The predicted molar refractivity (Wildman–Crippen MR) is 82.7 cm³/mol. The number of aromatic nitrogens is 2. The van der Waals surface area contributed by atoms with Gasteiger partial charge in [-0.1, -0.05) is 13.8 Å². The van der Waals surface area contributed by atoms with E-state index in [1.807, 2.05) is 4.90 Å². The number of nitrogens with one attached hydrogen (secondary N) is 1. The molecule has 0 aliphatic carbocycles. The molecule has 7 nitrogen and oxygen atoms in total. The van der Waals surface area contributed by atoms with Gasteiger partial charge in [-0.15, -0.1) is 0 Å². The highest BCUT2D eigenvalue weighted by Gasteiger charge is 2.24. The lowest BCUT2D eigenvalue weighted by atomic mass is 10.0. The summed E-state index contributed by atoms with van der Waals surface area (Å²) in [6.45, 7) is 6.66. The van der Waals surface area contributed by atoms with E-state index in [9.17, 15) is 10.1 Å². The Morgan fingerprint density at radius 3 is 3.00 bits per heavy atom. The van der Waals surface area contributed by atoms with Crippen molar-refractivity contribution in [3.63, 3.8) is 0 Å². The monoisotopic (exact) mass is 293 g/mol. The maximum Gasteiger partial charge on any atom is 0.329 e. The third kappa shape index (κ3) is 4.03. The van der Waals surface area contributed by atoms with E-state index in [1.54, 1.807) is 0 Å². The fraction of sp³-hybridized carbons (Fsp3) is 0.714. The van der Waals surface area contributed by atoms with Crippen LogP contribution in [0.4, 0.5) is 17.5 Å².